The Morgan fingerprint density at radius 1 is 0.958 bits per heavy atom. The Morgan fingerprint density at radius 3 is 2.29 bits per heavy atom. The number of rotatable bonds is 7. The molecule has 1 aromatic rings. The average Bonchev–Trinajstić information content (AvgIpc) is 2.62. The van der Waals surface area contributed by atoms with Gasteiger partial charge in [-0.1, -0.05) is 36.8 Å². The van der Waals surface area contributed by atoms with E-state index >= 15 is 0 Å². The van der Waals surface area contributed by atoms with Crippen molar-refractivity contribution in [1.82, 2.24) is 9.80 Å². The molecule has 1 aromatic carbocycles. The minimum atomic E-state index is -0.273. The molecule has 0 saturated carbocycles. The Morgan fingerprint density at radius 2 is 1.62 bits per heavy atom. The van der Waals surface area contributed by atoms with Crippen molar-refractivity contribution in [3.63, 3.8) is 0 Å². The molecule has 0 aromatic heterocycles. The Hall–Kier alpha value is -2.04. The molecule has 1 fully saturated rings. The predicted octanol–water partition coefficient (Wildman–Crippen LogP) is 3.09. The number of unbranched alkanes of at least 4 members (excludes halogenated alkanes) is 2. The Balaban J connectivity index is 1.57. The summed E-state index contributed by atoms with van der Waals surface area (Å²) in [6.07, 6.45) is 4.54. The number of ether oxygens (including phenoxy) is 1. The summed E-state index contributed by atoms with van der Waals surface area (Å²) in [4.78, 5) is 27.4. The van der Waals surface area contributed by atoms with Crippen LogP contribution in [-0.4, -0.2) is 54.6 Å². The van der Waals surface area contributed by atoms with E-state index in [1.54, 1.807) is 11.8 Å². The molecular weight excluding hydrogens is 304 g/mol. The molecule has 5 nitrogen and oxygen atoms in total. The normalized spacial score (nSPS) is 14.5. The standard InChI is InChI=1S/C19H28N2O3/c1-2-24-19(23)21-15-13-20(14-16-21)18(22)12-8-4-7-11-17-9-5-3-6-10-17/h3,5-6,9-10H,2,4,7-8,11-16H2,1H3. The van der Waals surface area contributed by atoms with Crippen LogP contribution in [0.25, 0.3) is 0 Å². The van der Waals surface area contributed by atoms with Gasteiger partial charge in [0.25, 0.3) is 0 Å². The molecule has 0 radical (unpaired) electrons. The summed E-state index contributed by atoms with van der Waals surface area (Å²) < 4.78 is 4.99. The van der Waals surface area contributed by atoms with Gasteiger partial charge in [-0.25, -0.2) is 4.79 Å². The number of benzene rings is 1. The highest BCUT2D eigenvalue weighted by molar-refractivity contribution is 5.76. The lowest BCUT2D eigenvalue weighted by Crippen LogP contribution is -2.50. The van der Waals surface area contributed by atoms with E-state index < -0.39 is 0 Å². The third kappa shape index (κ3) is 5.87. The number of piperazine rings is 1. The fourth-order valence-corrected chi connectivity index (χ4v) is 2.94. The van der Waals surface area contributed by atoms with E-state index in [0.717, 1.165) is 25.7 Å². The van der Waals surface area contributed by atoms with Gasteiger partial charge in [-0.2, -0.15) is 0 Å². The smallest absolute Gasteiger partial charge is 0.409 e. The highest BCUT2D eigenvalue weighted by atomic mass is 16.6. The molecule has 0 atom stereocenters. The first-order valence-electron chi connectivity index (χ1n) is 8.94. The SMILES string of the molecule is CCOC(=O)N1CCN(C(=O)CCCCCc2ccccc2)CC1. The summed E-state index contributed by atoms with van der Waals surface area (Å²) in [5.41, 5.74) is 1.36. The zero-order valence-electron chi connectivity index (χ0n) is 14.6. The van der Waals surface area contributed by atoms with Crippen molar-refractivity contribution in [2.45, 2.75) is 39.0 Å². The summed E-state index contributed by atoms with van der Waals surface area (Å²) in [6, 6.07) is 10.5. The summed E-state index contributed by atoms with van der Waals surface area (Å²) >= 11 is 0. The number of amides is 2. The van der Waals surface area contributed by atoms with Crippen molar-refractivity contribution in [1.29, 1.82) is 0 Å². The van der Waals surface area contributed by atoms with E-state index in [2.05, 4.69) is 24.3 Å². The van der Waals surface area contributed by atoms with E-state index in [1.165, 1.54) is 5.56 Å². The molecule has 1 aliphatic heterocycles. The average molecular weight is 332 g/mol. The summed E-state index contributed by atoms with van der Waals surface area (Å²) in [5, 5.41) is 0. The van der Waals surface area contributed by atoms with Crippen LogP contribution in [0.3, 0.4) is 0 Å². The van der Waals surface area contributed by atoms with Crippen molar-refractivity contribution < 1.29 is 14.3 Å². The third-order valence-corrected chi connectivity index (χ3v) is 4.36. The lowest BCUT2D eigenvalue weighted by atomic mass is 10.1. The zero-order chi connectivity index (χ0) is 17.2. The maximum atomic E-state index is 12.2. The van der Waals surface area contributed by atoms with Crippen molar-refractivity contribution in [2.24, 2.45) is 0 Å². The topological polar surface area (TPSA) is 49.9 Å². The molecule has 0 N–H and O–H groups in total. The summed E-state index contributed by atoms with van der Waals surface area (Å²) in [7, 11) is 0. The van der Waals surface area contributed by atoms with Crippen molar-refractivity contribution in [3.8, 4) is 0 Å². The number of hydrogen-bond donors (Lipinski definition) is 0. The summed E-state index contributed by atoms with van der Waals surface area (Å²) in [5.74, 6) is 0.207. The van der Waals surface area contributed by atoms with Gasteiger partial charge in [0.05, 0.1) is 6.61 Å². The van der Waals surface area contributed by atoms with E-state index in [-0.39, 0.29) is 12.0 Å². The fourth-order valence-electron chi connectivity index (χ4n) is 2.94. The highest BCUT2D eigenvalue weighted by Crippen LogP contribution is 2.10. The second-order valence-electron chi connectivity index (χ2n) is 6.11. The van der Waals surface area contributed by atoms with Gasteiger partial charge in [0.1, 0.15) is 0 Å². The molecule has 2 rings (SSSR count). The van der Waals surface area contributed by atoms with Crippen LogP contribution in [-0.2, 0) is 16.0 Å². The molecule has 0 bridgehead atoms. The van der Waals surface area contributed by atoms with Crippen LogP contribution < -0.4 is 0 Å². The first-order valence-corrected chi connectivity index (χ1v) is 8.94. The molecule has 24 heavy (non-hydrogen) atoms. The van der Waals surface area contributed by atoms with Crippen LogP contribution in [0.5, 0.6) is 0 Å². The largest absolute Gasteiger partial charge is 0.450 e. The van der Waals surface area contributed by atoms with Crippen molar-refractivity contribution in [3.05, 3.63) is 35.9 Å². The molecule has 0 unspecified atom stereocenters. The lowest BCUT2D eigenvalue weighted by Gasteiger charge is -2.34. The Labute approximate surface area is 144 Å². The second-order valence-corrected chi connectivity index (χ2v) is 6.11. The van der Waals surface area contributed by atoms with Crippen molar-refractivity contribution in [2.75, 3.05) is 32.8 Å². The maximum absolute atomic E-state index is 12.2. The maximum Gasteiger partial charge on any atom is 0.409 e. The van der Waals surface area contributed by atoms with Gasteiger partial charge in [-0.05, 0) is 31.7 Å². The summed E-state index contributed by atoms with van der Waals surface area (Å²) in [6.45, 7) is 4.55. The lowest BCUT2D eigenvalue weighted by molar-refractivity contribution is -0.132. The zero-order valence-corrected chi connectivity index (χ0v) is 14.6. The highest BCUT2D eigenvalue weighted by Gasteiger charge is 2.24. The molecule has 2 amide bonds. The molecule has 5 heteroatoms. The fraction of sp³-hybridized carbons (Fsp3) is 0.579. The molecule has 1 heterocycles. The predicted molar refractivity (Wildman–Crippen MR) is 93.8 cm³/mol. The van der Waals surface area contributed by atoms with E-state index in [1.807, 2.05) is 11.0 Å². The van der Waals surface area contributed by atoms with Gasteiger partial charge in [-0.3, -0.25) is 4.79 Å². The van der Waals surface area contributed by atoms with Crippen LogP contribution >= 0.6 is 0 Å². The number of carbonyl (C=O) groups is 2. The second kappa shape index (κ2) is 9.96. The molecule has 1 saturated heterocycles. The molecule has 0 spiro atoms. The molecular formula is C19H28N2O3. The van der Waals surface area contributed by atoms with Gasteiger partial charge < -0.3 is 14.5 Å². The number of aryl methyl sites for hydroxylation is 1. The van der Waals surface area contributed by atoms with Gasteiger partial charge in [0.15, 0.2) is 0 Å². The minimum absolute atomic E-state index is 0.207. The van der Waals surface area contributed by atoms with Crippen LogP contribution in [0.4, 0.5) is 4.79 Å². The number of hydrogen-bond acceptors (Lipinski definition) is 3. The minimum Gasteiger partial charge on any atom is -0.450 e. The third-order valence-electron chi connectivity index (χ3n) is 4.36. The van der Waals surface area contributed by atoms with Crippen LogP contribution in [0, 0.1) is 0 Å². The van der Waals surface area contributed by atoms with Gasteiger partial charge in [0, 0.05) is 32.6 Å². The van der Waals surface area contributed by atoms with Crippen LogP contribution in [0.2, 0.25) is 0 Å². The number of carbonyl (C=O) groups excluding carboxylic acids is 2. The van der Waals surface area contributed by atoms with Crippen molar-refractivity contribution >= 4 is 12.0 Å². The Bertz CT molecular complexity index is 511. The first-order chi connectivity index (χ1) is 11.7. The van der Waals surface area contributed by atoms with Crippen LogP contribution in [0.1, 0.15) is 38.2 Å². The quantitative estimate of drug-likeness (QED) is 0.721. The molecule has 1 aliphatic rings. The van der Waals surface area contributed by atoms with E-state index in [0.29, 0.717) is 39.2 Å². The first kappa shape index (κ1) is 18.3. The van der Waals surface area contributed by atoms with Gasteiger partial charge >= 0.3 is 6.09 Å². The van der Waals surface area contributed by atoms with E-state index in [9.17, 15) is 9.59 Å². The number of nitrogens with zero attached hydrogens (tertiary/aromatic N) is 2. The van der Waals surface area contributed by atoms with Gasteiger partial charge in [0.2, 0.25) is 5.91 Å². The van der Waals surface area contributed by atoms with Gasteiger partial charge in [-0.15, -0.1) is 0 Å². The molecule has 132 valence electrons. The molecule has 0 aliphatic carbocycles. The Kier molecular flexibility index (Phi) is 7.59. The van der Waals surface area contributed by atoms with E-state index in [4.69, 9.17) is 4.74 Å². The van der Waals surface area contributed by atoms with Crippen LogP contribution in [0.15, 0.2) is 30.3 Å². The monoisotopic (exact) mass is 332 g/mol.